The second kappa shape index (κ2) is 8.79. The highest BCUT2D eigenvalue weighted by Gasteiger charge is 2.05. The summed E-state index contributed by atoms with van der Waals surface area (Å²) in [7, 11) is 1.61. The number of hydrogen-bond donors (Lipinski definition) is 2. The molecular formula is C14H20N2O4. The molecule has 0 fully saturated rings. The summed E-state index contributed by atoms with van der Waals surface area (Å²) in [5.74, 6) is 0.541. The molecule has 1 aromatic carbocycles. The van der Waals surface area contributed by atoms with E-state index in [9.17, 15) is 9.59 Å². The molecule has 0 aromatic heterocycles. The highest BCUT2D eigenvalue weighted by atomic mass is 16.5. The van der Waals surface area contributed by atoms with Gasteiger partial charge in [-0.15, -0.1) is 0 Å². The monoisotopic (exact) mass is 280 g/mol. The van der Waals surface area contributed by atoms with Crippen LogP contribution in [0.1, 0.15) is 12.5 Å². The molecule has 0 bridgehead atoms. The second-order valence-corrected chi connectivity index (χ2v) is 4.03. The molecule has 0 heterocycles. The van der Waals surface area contributed by atoms with Crippen molar-refractivity contribution < 1.29 is 19.1 Å². The van der Waals surface area contributed by atoms with Crippen LogP contribution in [-0.4, -0.2) is 38.8 Å². The lowest BCUT2D eigenvalue weighted by molar-refractivity contribution is -0.120. The molecule has 2 N–H and O–H groups in total. The highest BCUT2D eigenvalue weighted by molar-refractivity contribution is 5.82. The van der Waals surface area contributed by atoms with E-state index in [4.69, 9.17) is 4.74 Å². The van der Waals surface area contributed by atoms with E-state index < -0.39 is 6.09 Å². The summed E-state index contributed by atoms with van der Waals surface area (Å²) in [6.45, 7) is 2.39. The molecule has 0 unspecified atom stereocenters. The summed E-state index contributed by atoms with van der Waals surface area (Å²) >= 11 is 0. The highest BCUT2D eigenvalue weighted by Crippen LogP contribution is 2.12. The van der Waals surface area contributed by atoms with E-state index in [1.165, 1.54) is 0 Å². The molecule has 0 aliphatic rings. The van der Waals surface area contributed by atoms with Crippen molar-refractivity contribution >= 4 is 12.0 Å². The Morgan fingerprint density at radius 3 is 2.75 bits per heavy atom. The van der Waals surface area contributed by atoms with Gasteiger partial charge in [0, 0.05) is 6.54 Å². The number of benzene rings is 1. The topological polar surface area (TPSA) is 76.7 Å². The van der Waals surface area contributed by atoms with Gasteiger partial charge in [0.2, 0.25) is 5.91 Å². The Labute approximate surface area is 118 Å². The van der Waals surface area contributed by atoms with E-state index in [1.54, 1.807) is 14.0 Å². The molecule has 6 heteroatoms. The molecule has 1 rings (SSSR count). The van der Waals surface area contributed by atoms with Crippen LogP contribution >= 0.6 is 0 Å². The fourth-order valence-corrected chi connectivity index (χ4v) is 1.57. The number of ether oxygens (including phenoxy) is 2. The number of methoxy groups -OCH3 is 1. The summed E-state index contributed by atoms with van der Waals surface area (Å²) in [4.78, 5) is 22.4. The summed E-state index contributed by atoms with van der Waals surface area (Å²) in [5, 5.41) is 5.07. The van der Waals surface area contributed by atoms with Crippen molar-refractivity contribution in [2.75, 3.05) is 26.8 Å². The fourth-order valence-electron chi connectivity index (χ4n) is 1.57. The molecule has 0 spiro atoms. The molecule has 0 saturated carbocycles. The second-order valence-electron chi connectivity index (χ2n) is 4.03. The number of rotatable bonds is 7. The van der Waals surface area contributed by atoms with Gasteiger partial charge in [-0.2, -0.15) is 0 Å². The van der Waals surface area contributed by atoms with E-state index in [1.807, 2.05) is 24.3 Å². The van der Waals surface area contributed by atoms with Gasteiger partial charge in [-0.05, 0) is 31.0 Å². The van der Waals surface area contributed by atoms with E-state index in [-0.39, 0.29) is 19.1 Å². The smallest absolute Gasteiger partial charge is 0.407 e. The predicted molar refractivity (Wildman–Crippen MR) is 74.7 cm³/mol. The van der Waals surface area contributed by atoms with E-state index in [0.29, 0.717) is 13.0 Å². The fraction of sp³-hybridized carbons (Fsp3) is 0.429. The van der Waals surface area contributed by atoms with Crippen molar-refractivity contribution in [2.45, 2.75) is 13.3 Å². The molecular weight excluding hydrogens is 260 g/mol. The number of amides is 2. The third-order valence-electron chi connectivity index (χ3n) is 2.54. The minimum Gasteiger partial charge on any atom is -0.497 e. The lowest BCUT2D eigenvalue weighted by atomic mass is 10.1. The van der Waals surface area contributed by atoms with Crippen LogP contribution in [0.4, 0.5) is 4.79 Å². The van der Waals surface area contributed by atoms with Gasteiger partial charge < -0.3 is 20.1 Å². The molecule has 1 aromatic rings. The first kappa shape index (κ1) is 15.8. The molecule has 0 atom stereocenters. The number of nitrogens with one attached hydrogen (secondary N) is 2. The van der Waals surface area contributed by atoms with Crippen molar-refractivity contribution in [2.24, 2.45) is 0 Å². The normalized spacial score (nSPS) is 9.70. The predicted octanol–water partition coefficient (Wildman–Crippen LogP) is 1.10. The zero-order valence-electron chi connectivity index (χ0n) is 11.8. The Morgan fingerprint density at radius 1 is 1.25 bits per heavy atom. The molecule has 0 saturated heterocycles. The Morgan fingerprint density at radius 2 is 2.05 bits per heavy atom. The van der Waals surface area contributed by atoms with E-state index >= 15 is 0 Å². The van der Waals surface area contributed by atoms with Crippen LogP contribution < -0.4 is 15.4 Å². The standard InChI is InChI=1S/C14H20N2O4/c1-3-20-14(18)16-10-13(17)15-8-7-11-5-4-6-12(9-11)19-2/h4-6,9H,3,7-8,10H2,1-2H3,(H,15,17)(H,16,18). The lowest BCUT2D eigenvalue weighted by Crippen LogP contribution is -2.37. The number of hydrogen-bond acceptors (Lipinski definition) is 4. The van der Waals surface area contributed by atoms with Gasteiger partial charge in [0.25, 0.3) is 0 Å². The summed E-state index contributed by atoms with van der Waals surface area (Å²) < 4.78 is 9.77. The average Bonchev–Trinajstić information content (AvgIpc) is 2.46. The van der Waals surface area contributed by atoms with E-state index in [2.05, 4.69) is 15.4 Å². The van der Waals surface area contributed by atoms with Crippen molar-refractivity contribution in [1.82, 2.24) is 10.6 Å². The quantitative estimate of drug-likeness (QED) is 0.784. The third-order valence-corrected chi connectivity index (χ3v) is 2.54. The van der Waals surface area contributed by atoms with Crippen LogP contribution in [0, 0.1) is 0 Å². The van der Waals surface area contributed by atoms with Gasteiger partial charge in [0.05, 0.1) is 20.3 Å². The molecule has 0 aliphatic carbocycles. The van der Waals surface area contributed by atoms with Crippen LogP contribution in [0.25, 0.3) is 0 Å². The van der Waals surface area contributed by atoms with Gasteiger partial charge in [0.15, 0.2) is 0 Å². The first-order chi connectivity index (χ1) is 9.65. The van der Waals surface area contributed by atoms with Crippen LogP contribution in [-0.2, 0) is 16.0 Å². The summed E-state index contributed by atoms with van der Waals surface area (Å²) in [6.07, 6.45) is 0.109. The van der Waals surface area contributed by atoms with Crippen molar-refractivity contribution in [1.29, 1.82) is 0 Å². The summed E-state index contributed by atoms with van der Waals surface area (Å²) in [6, 6.07) is 7.65. The van der Waals surface area contributed by atoms with Crippen LogP contribution in [0.5, 0.6) is 5.75 Å². The van der Waals surface area contributed by atoms with Crippen molar-refractivity contribution in [3.8, 4) is 5.75 Å². The van der Waals surface area contributed by atoms with Crippen LogP contribution in [0.3, 0.4) is 0 Å². The molecule has 0 aliphatic heterocycles. The largest absolute Gasteiger partial charge is 0.497 e. The maximum absolute atomic E-state index is 11.5. The van der Waals surface area contributed by atoms with Gasteiger partial charge in [-0.25, -0.2) is 4.79 Å². The minimum absolute atomic E-state index is 0.0864. The Kier molecular flexibility index (Phi) is 6.95. The molecule has 110 valence electrons. The maximum atomic E-state index is 11.5. The Balaban J connectivity index is 2.22. The number of carbonyl (C=O) groups excluding carboxylic acids is 2. The maximum Gasteiger partial charge on any atom is 0.407 e. The summed E-state index contributed by atoms with van der Waals surface area (Å²) in [5.41, 5.74) is 1.07. The minimum atomic E-state index is -0.588. The SMILES string of the molecule is CCOC(=O)NCC(=O)NCCc1cccc(OC)c1. The van der Waals surface area contributed by atoms with Gasteiger partial charge >= 0.3 is 6.09 Å². The van der Waals surface area contributed by atoms with Gasteiger partial charge in [-0.1, -0.05) is 12.1 Å². The zero-order chi connectivity index (χ0) is 14.8. The van der Waals surface area contributed by atoms with Crippen molar-refractivity contribution in [3.05, 3.63) is 29.8 Å². The number of alkyl carbamates (subject to hydrolysis) is 1. The Hall–Kier alpha value is -2.24. The molecule has 0 radical (unpaired) electrons. The number of carbonyl (C=O) groups is 2. The molecule has 20 heavy (non-hydrogen) atoms. The Bertz CT molecular complexity index is 449. The van der Waals surface area contributed by atoms with Crippen LogP contribution in [0.15, 0.2) is 24.3 Å². The van der Waals surface area contributed by atoms with Gasteiger partial charge in [0.1, 0.15) is 5.75 Å². The van der Waals surface area contributed by atoms with Gasteiger partial charge in [-0.3, -0.25) is 4.79 Å². The zero-order valence-corrected chi connectivity index (χ0v) is 11.8. The van der Waals surface area contributed by atoms with Crippen molar-refractivity contribution in [3.63, 3.8) is 0 Å². The first-order valence-corrected chi connectivity index (χ1v) is 6.46. The molecule has 6 nitrogen and oxygen atoms in total. The third kappa shape index (κ3) is 6.08. The average molecular weight is 280 g/mol. The lowest BCUT2D eigenvalue weighted by Gasteiger charge is -2.07. The first-order valence-electron chi connectivity index (χ1n) is 6.46. The van der Waals surface area contributed by atoms with Crippen LogP contribution in [0.2, 0.25) is 0 Å². The van der Waals surface area contributed by atoms with E-state index in [0.717, 1.165) is 11.3 Å². The molecule has 2 amide bonds.